The smallest absolute Gasteiger partial charge is 0.333 e. The number of ether oxygens (including phenoxy) is 3. The number of hydrogen-bond donors (Lipinski definition) is 2. The van der Waals surface area contributed by atoms with Crippen molar-refractivity contribution < 1.29 is 28.9 Å². The first-order valence-electron chi connectivity index (χ1n) is 13.9. The van der Waals surface area contributed by atoms with Crippen LogP contribution in [0.4, 0.5) is 10.5 Å². The molecule has 8 heteroatoms. The number of anilines is 1. The molecular formula is C32H40N2O6. The molecule has 2 N–H and O–H groups in total. The summed E-state index contributed by atoms with van der Waals surface area (Å²) in [5.74, 6) is 1.51. The zero-order valence-electron chi connectivity index (χ0n) is 23.5. The fraction of sp³-hybridized carbons (Fsp3) is 0.375. The summed E-state index contributed by atoms with van der Waals surface area (Å²) in [7, 11) is 0. The van der Waals surface area contributed by atoms with Crippen LogP contribution in [0.2, 0.25) is 0 Å². The van der Waals surface area contributed by atoms with E-state index in [0.717, 1.165) is 24.2 Å². The van der Waals surface area contributed by atoms with Crippen LogP contribution in [-0.2, 0) is 16.0 Å². The van der Waals surface area contributed by atoms with Gasteiger partial charge in [-0.3, -0.25) is 0 Å². The normalized spacial score (nSPS) is 11.6. The van der Waals surface area contributed by atoms with Crippen molar-refractivity contribution in [3.63, 3.8) is 0 Å². The van der Waals surface area contributed by atoms with Gasteiger partial charge < -0.3 is 29.5 Å². The van der Waals surface area contributed by atoms with Crippen molar-refractivity contribution in [3.05, 3.63) is 84.4 Å². The maximum absolute atomic E-state index is 13.2. The lowest BCUT2D eigenvalue weighted by atomic mass is 10.0. The molecule has 2 amide bonds. The molecule has 0 saturated heterocycles. The van der Waals surface area contributed by atoms with Gasteiger partial charge in [-0.15, -0.1) is 0 Å². The molecule has 0 saturated carbocycles. The first-order chi connectivity index (χ1) is 19.4. The molecule has 1 atom stereocenters. The summed E-state index contributed by atoms with van der Waals surface area (Å²) in [5.41, 5.74) is 1.53. The Bertz CT molecular complexity index is 1160. The van der Waals surface area contributed by atoms with Gasteiger partial charge in [0.2, 0.25) is 0 Å². The lowest BCUT2D eigenvalue weighted by Gasteiger charge is -2.27. The number of nitrogens with zero attached hydrogens (tertiary/aromatic N) is 1. The second-order valence-corrected chi connectivity index (χ2v) is 9.48. The van der Waals surface area contributed by atoms with Crippen LogP contribution in [0.3, 0.4) is 0 Å². The summed E-state index contributed by atoms with van der Waals surface area (Å²) in [4.78, 5) is 26.4. The zero-order chi connectivity index (χ0) is 28.7. The second kappa shape index (κ2) is 16.2. The number of aliphatic carboxylic acids is 1. The van der Waals surface area contributed by atoms with Crippen molar-refractivity contribution in [1.29, 1.82) is 0 Å². The van der Waals surface area contributed by atoms with Crippen LogP contribution < -0.4 is 14.8 Å². The van der Waals surface area contributed by atoms with Gasteiger partial charge in [-0.1, -0.05) is 57.0 Å². The summed E-state index contributed by atoms with van der Waals surface area (Å²) in [6.45, 7) is 7.76. The Morgan fingerprint density at radius 3 is 2.08 bits per heavy atom. The molecule has 8 nitrogen and oxygen atoms in total. The maximum Gasteiger partial charge on any atom is 0.333 e. The minimum Gasteiger partial charge on any atom is -0.492 e. The lowest BCUT2D eigenvalue weighted by Crippen LogP contribution is -2.40. The van der Waals surface area contributed by atoms with Crippen molar-refractivity contribution in [2.45, 2.75) is 46.1 Å². The zero-order valence-corrected chi connectivity index (χ0v) is 23.5. The number of carboxylic acid groups (broad SMARTS) is 1. The molecule has 0 bridgehead atoms. The van der Waals surface area contributed by atoms with E-state index in [1.54, 1.807) is 11.8 Å². The molecule has 0 aliphatic carbocycles. The van der Waals surface area contributed by atoms with Gasteiger partial charge in [0.05, 0.1) is 6.54 Å². The van der Waals surface area contributed by atoms with E-state index in [4.69, 9.17) is 14.2 Å². The van der Waals surface area contributed by atoms with Gasteiger partial charge in [0.15, 0.2) is 6.10 Å². The molecule has 0 radical (unpaired) electrons. The average Bonchev–Trinajstić information content (AvgIpc) is 2.97. The third kappa shape index (κ3) is 9.93. The number of benzene rings is 3. The molecule has 214 valence electrons. The van der Waals surface area contributed by atoms with Gasteiger partial charge in [0, 0.05) is 25.3 Å². The highest BCUT2D eigenvalue weighted by Gasteiger charge is 2.19. The van der Waals surface area contributed by atoms with E-state index < -0.39 is 12.1 Å². The van der Waals surface area contributed by atoms with Crippen LogP contribution in [0.5, 0.6) is 17.2 Å². The number of carboxylic acids is 1. The number of carbonyl (C=O) groups excluding carboxylic acids is 1. The Labute approximate surface area is 236 Å². The molecule has 1 unspecified atom stereocenters. The Kier molecular flexibility index (Phi) is 12.3. The molecule has 3 aromatic carbocycles. The fourth-order valence-corrected chi connectivity index (χ4v) is 4.20. The number of nitrogens with one attached hydrogen (secondary N) is 1. The van der Waals surface area contributed by atoms with E-state index in [2.05, 4.69) is 19.2 Å². The van der Waals surface area contributed by atoms with Gasteiger partial charge >= 0.3 is 12.0 Å². The predicted molar refractivity (Wildman–Crippen MR) is 156 cm³/mol. The molecule has 0 aromatic heterocycles. The number of amides is 2. The molecule has 40 heavy (non-hydrogen) atoms. The Balaban J connectivity index is 1.56. The number of urea groups is 1. The summed E-state index contributed by atoms with van der Waals surface area (Å²) in [5, 5.41) is 12.3. The fourth-order valence-electron chi connectivity index (χ4n) is 4.20. The third-order valence-electron chi connectivity index (χ3n) is 6.62. The highest BCUT2D eigenvalue weighted by atomic mass is 16.5. The highest BCUT2D eigenvalue weighted by molar-refractivity contribution is 5.89. The molecule has 0 aliphatic heterocycles. The van der Waals surface area contributed by atoms with Crippen LogP contribution in [-0.4, -0.2) is 54.4 Å². The van der Waals surface area contributed by atoms with Gasteiger partial charge in [0.1, 0.15) is 23.9 Å². The summed E-state index contributed by atoms with van der Waals surface area (Å²) in [6.07, 6.45) is 1.37. The Hall–Kier alpha value is -4.04. The average molecular weight is 549 g/mol. The van der Waals surface area contributed by atoms with Gasteiger partial charge in [-0.25, -0.2) is 9.59 Å². The minimum atomic E-state index is -0.977. The van der Waals surface area contributed by atoms with E-state index >= 15 is 0 Å². The van der Waals surface area contributed by atoms with Crippen molar-refractivity contribution in [2.75, 3.05) is 31.6 Å². The SMILES string of the molecule is CCOC(Cc1ccc(OCCN(CC(CC)CC)C(=O)Nc2ccc(Oc3ccccc3)cc2)cc1)C(=O)O. The van der Waals surface area contributed by atoms with Crippen molar-refractivity contribution in [2.24, 2.45) is 5.92 Å². The molecule has 0 spiro atoms. The molecular weight excluding hydrogens is 508 g/mol. The van der Waals surface area contributed by atoms with E-state index in [1.165, 1.54) is 0 Å². The first kappa shape index (κ1) is 30.5. The minimum absolute atomic E-state index is 0.182. The van der Waals surface area contributed by atoms with E-state index in [9.17, 15) is 14.7 Å². The van der Waals surface area contributed by atoms with Crippen LogP contribution in [0, 0.1) is 5.92 Å². The number of hydrogen-bond acceptors (Lipinski definition) is 5. The predicted octanol–water partition coefficient (Wildman–Crippen LogP) is 6.86. The Morgan fingerprint density at radius 1 is 0.850 bits per heavy atom. The molecule has 3 rings (SSSR count). The van der Waals surface area contributed by atoms with Gasteiger partial charge in [-0.05, 0) is 66.9 Å². The summed E-state index contributed by atoms with van der Waals surface area (Å²) < 4.78 is 17.1. The largest absolute Gasteiger partial charge is 0.492 e. The van der Waals surface area contributed by atoms with Crippen LogP contribution >= 0.6 is 0 Å². The lowest BCUT2D eigenvalue weighted by molar-refractivity contribution is -0.149. The van der Waals surface area contributed by atoms with Crippen molar-refractivity contribution in [1.82, 2.24) is 4.90 Å². The maximum atomic E-state index is 13.2. The molecule has 3 aromatic rings. The molecule has 0 heterocycles. The number of para-hydroxylation sites is 1. The summed E-state index contributed by atoms with van der Waals surface area (Å²) >= 11 is 0. The van der Waals surface area contributed by atoms with Crippen molar-refractivity contribution >= 4 is 17.7 Å². The van der Waals surface area contributed by atoms with Gasteiger partial charge in [-0.2, -0.15) is 0 Å². The van der Waals surface area contributed by atoms with Crippen molar-refractivity contribution in [3.8, 4) is 17.2 Å². The standard InChI is InChI=1S/C32H40N2O6/c1-4-24(5-2)23-34(20-21-39-27-16-12-25(13-17-27)22-30(31(35)36)38-6-3)32(37)33-26-14-18-29(19-15-26)40-28-10-8-7-9-11-28/h7-19,24,30H,4-6,20-23H2,1-3H3,(H,33,37)(H,35,36). The third-order valence-corrected chi connectivity index (χ3v) is 6.62. The second-order valence-electron chi connectivity index (χ2n) is 9.48. The van der Waals surface area contributed by atoms with Gasteiger partial charge in [0.25, 0.3) is 0 Å². The quantitative estimate of drug-likeness (QED) is 0.203. The van der Waals surface area contributed by atoms with Crippen LogP contribution in [0.1, 0.15) is 39.2 Å². The van der Waals surface area contributed by atoms with E-state index in [0.29, 0.717) is 49.4 Å². The topological polar surface area (TPSA) is 97.3 Å². The highest BCUT2D eigenvalue weighted by Crippen LogP contribution is 2.23. The van der Waals surface area contributed by atoms with E-state index in [1.807, 2.05) is 78.9 Å². The Morgan fingerprint density at radius 2 is 1.48 bits per heavy atom. The van der Waals surface area contributed by atoms with E-state index in [-0.39, 0.29) is 12.5 Å². The molecule has 0 fully saturated rings. The number of carbonyl (C=O) groups is 2. The summed E-state index contributed by atoms with van der Waals surface area (Å²) in [6, 6.07) is 24.0. The first-order valence-corrected chi connectivity index (χ1v) is 13.9. The number of rotatable bonds is 16. The molecule has 0 aliphatic rings. The monoisotopic (exact) mass is 548 g/mol. The van der Waals surface area contributed by atoms with Crippen LogP contribution in [0.25, 0.3) is 0 Å². The van der Waals surface area contributed by atoms with Crippen LogP contribution in [0.15, 0.2) is 78.9 Å².